The molecule has 4 atom stereocenters. The van der Waals surface area contributed by atoms with Gasteiger partial charge in [-0.3, -0.25) is 9.69 Å². The fourth-order valence-electron chi connectivity index (χ4n) is 8.39. The summed E-state index contributed by atoms with van der Waals surface area (Å²) < 4.78 is 2.36. The van der Waals surface area contributed by atoms with E-state index in [4.69, 9.17) is 0 Å². The molecule has 0 spiro atoms. The van der Waals surface area contributed by atoms with Gasteiger partial charge >= 0.3 is 0 Å². The van der Waals surface area contributed by atoms with E-state index in [9.17, 15) is 4.79 Å². The van der Waals surface area contributed by atoms with Crippen LogP contribution in [0.4, 0.5) is 0 Å². The first-order valence-electron chi connectivity index (χ1n) is 14.5. The number of piperidine rings is 4. The molecule has 192 valence electrons. The molecule has 4 aliphatic heterocycles. The first-order chi connectivity index (χ1) is 18.0. The Bertz CT molecular complexity index is 1360. The number of nitrogens with zero attached hydrogens (tertiary/aromatic N) is 3. The summed E-state index contributed by atoms with van der Waals surface area (Å²) in [4.78, 5) is 19.0. The van der Waals surface area contributed by atoms with Gasteiger partial charge in [0.25, 0.3) is 0 Å². The number of carbonyl (C=O) groups excluding carboxylic acids is 1. The molecule has 0 radical (unpaired) electrons. The molecule has 2 aromatic carbocycles. The van der Waals surface area contributed by atoms with Crippen LogP contribution in [0.3, 0.4) is 0 Å². The summed E-state index contributed by atoms with van der Waals surface area (Å²) in [5.41, 5.74) is 7.36. The highest BCUT2D eigenvalue weighted by Crippen LogP contribution is 2.45. The molecule has 4 aliphatic rings. The largest absolute Gasteiger partial charge is 0.342 e. The lowest BCUT2D eigenvalue weighted by Crippen LogP contribution is -2.66. The monoisotopic (exact) mass is 493 g/mol. The molecule has 1 amide bonds. The Morgan fingerprint density at radius 1 is 0.973 bits per heavy atom. The van der Waals surface area contributed by atoms with Crippen LogP contribution in [0.1, 0.15) is 60.8 Å². The number of rotatable bonds is 3. The Morgan fingerprint density at radius 2 is 1.76 bits per heavy atom. The standard InChI is InChI=1S/C33H39N3O/c1-22-15-23(2)17-24(16-22)19-35-20-27(28-8-3-4-10-30(28)35)18-25-11-12-31-29-9-6-14-34-13-5-7-26(32(29)34)21-36(31)33(25)37/h3-4,8,10,15-18,20,26,29,31-32H,5-7,9,11-14,19,21H2,1-2H3/b25-18+/t26-,29-,31-,32+/m1/s1. The van der Waals surface area contributed by atoms with Crippen molar-refractivity contribution in [2.75, 3.05) is 19.6 Å². The van der Waals surface area contributed by atoms with E-state index in [1.165, 1.54) is 71.9 Å². The molecule has 4 fully saturated rings. The van der Waals surface area contributed by atoms with E-state index in [0.717, 1.165) is 37.5 Å². The van der Waals surface area contributed by atoms with Gasteiger partial charge in [0, 0.05) is 53.4 Å². The third kappa shape index (κ3) is 4.05. The summed E-state index contributed by atoms with van der Waals surface area (Å²) in [6, 6.07) is 16.6. The van der Waals surface area contributed by atoms with E-state index in [1.807, 2.05) is 0 Å². The van der Waals surface area contributed by atoms with Crippen molar-refractivity contribution in [1.82, 2.24) is 14.4 Å². The third-order valence-electron chi connectivity index (χ3n) is 9.70. The van der Waals surface area contributed by atoms with Crippen molar-refractivity contribution in [3.05, 3.63) is 76.5 Å². The maximum atomic E-state index is 13.9. The summed E-state index contributed by atoms with van der Waals surface area (Å²) in [6.07, 6.45) is 11.7. The molecule has 4 saturated heterocycles. The quantitative estimate of drug-likeness (QED) is 0.407. The van der Waals surface area contributed by atoms with Gasteiger partial charge in [-0.05, 0) is 95.0 Å². The van der Waals surface area contributed by atoms with Gasteiger partial charge in [0.15, 0.2) is 0 Å². The number of carbonyl (C=O) groups is 1. The second-order valence-electron chi connectivity index (χ2n) is 12.2. The summed E-state index contributed by atoms with van der Waals surface area (Å²) in [5.74, 6) is 1.65. The van der Waals surface area contributed by atoms with Crippen LogP contribution in [0.2, 0.25) is 0 Å². The Balaban J connectivity index is 1.20. The van der Waals surface area contributed by atoms with Crippen LogP contribution in [-0.4, -0.2) is 52.0 Å². The molecule has 1 aromatic heterocycles. The SMILES string of the molecule is Cc1cc(C)cc(Cn2cc(/C=C3\CC[C@@H]4[C@H]5CCCN6CCC[C@H](CN4C3=O)[C@@H]56)c3ccccc32)c1. The Kier molecular flexibility index (Phi) is 5.77. The first kappa shape index (κ1) is 23.3. The van der Waals surface area contributed by atoms with Crippen molar-refractivity contribution < 1.29 is 4.79 Å². The number of para-hydroxylation sites is 1. The third-order valence-corrected chi connectivity index (χ3v) is 9.70. The first-order valence-corrected chi connectivity index (χ1v) is 14.5. The van der Waals surface area contributed by atoms with E-state index >= 15 is 0 Å². The molecule has 5 heterocycles. The number of hydrogen-bond acceptors (Lipinski definition) is 2. The topological polar surface area (TPSA) is 28.5 Å². The molecular formula is C33H39N3O. The van der Waals surface area contributed by atoms with Crippen LogP contribution in [0.15, 0.2) is 54.2 Å². The van der Waals surface area contributed by atoms with Crippen molar-refractivity contribution in [3.63, 3.8) is 0 Å². The van der Waals surface area contributed by atoms with Gasteiger partial charge in [0.2, 0.25) is 5.91 Å². The molecule has 7 rings (SSSR count). The molecule has 4 nitrogen and oxygen atoms in total. The van der Waals surface area contributed by atoms with Crippen molar-refractivity contribution in [2.45, 2.75) is 71.0 Å². The zero-order valence-corrected chi connectivity index (χ0v) is 22.3. The predicted molar refractivity (Wildman–Crippen MR) is 150 cm³/mol. The highest BCUT2D eigenvalue weighted by Gasteiger charge is 2.51. The second-order valence-corrected chi connectivity index (χ2v) is 12.2. The summed E-state index contributed by atoms with van der Waals surface area (Å²) in [7, 11) is 0. The zero-order valence-electron chi connectivity index (χ0n) is 22.3. The highest BCUT2D eigenvalue weighted by molar-refractivity contribution is 6.01. The average molecular weight is 494 g/mol. The number of amides is 1. The normalized spacial score (nSPS) is 29.0. The minimum absolute atomic E-state index is 0.309. The fraction of sp³-hybridized carbons (Fsp3) is 0.485. The van der Waals surface area contributed by atoms with E-state index in [1.54, 1.807) is 0 Å². The van der Waals surface area contributed by atoms with Crippen molar-refractivity contribution in [2.24, 2.45) is 11.8 Å². The molecule has 0 bridgehead atoms. The molecule has 0 unspecified atom stereocenters. The minimum atomic E-state index is 0.309. The maximum Gasteiger partial charge on any atom is 0.250 e. The molecule has 0 saturated carbocycles. The van der Waals surface area contributed by atoms with Crippen molar-refractivity contribution in [3.8, 4) is 0 Å². The minimum Gasteiger partial charge on any atom is -0.342 e. The second kappa shape index (κ2) is 9.16. The van der Waals surface area contributed by atoms with Gasteiger partial charge in [-0.15, -0.1) is 0 Å². The smallest absolute Gasteiger partial charge is 0.250 e. The molecule has 37 heavy (non-hydrogen) atoms. The van der Waals surface area contributed by atoms with Crippen LogP contribution < -0.4 is 0 Å². The van der Waals surface area contributed by atoms with E-state index < -0.39 is 0 Å². The van der Waals surface area contributed by atoms with E-state index in [2.05, 4.69) is 83.0 Å². The van der Waals surface area contributed by atoms with Crippen LogP contribution in [0.25, 0.3) is 17.0 Å². The summed E-state index contributed by atoms with van der Waals surface area (Å²) in [5, 5.41) is 1.24. The summed E-state index contributed by atoms with van der Waals surface area (Å²) in [6.45, 7) is 8.69. The lowest BCUT2D eigenvalue weighted by molar-refractivity contribution is -0.145. The van der Waals surface area contributed by atoms with Crippen LogP contribution >= 0.6 is 0 Å². The number of benzene rings is 2. The predicted octanol–water partition coefficient (Wildman–Crippen LogP) is 6.19. The Labute approximate surface area is 220 Å². The molecular weight excluding hydrogens is 454 g/mol. The number of aryl methyl sites for hydroxylation is 2. The number of hydrogen-bond donors (Lipinski definition) is 0. The Hall–Kier alpha value is -2.85. The van der Waals surface area contributed by atoms with Gasteiger partial charge in [-0.1, -0.05) is 47.5 Å². The van der Waals surface area contributed by atoms with Gasteiger partial charge in [0.05, 0.1) is 0 Å². The maximum absolute atomic E-state index is 13.9. The van der Waals surface area contributed by atoms with Crippen molar-refractivity contribution >= 4 is 22.9 Å². The van der Waals surface area contributed by atoms with Crippen LogP contribution in [0, 0.1) is 25.7 Å². The molecule has 3 aromatic rings. The van der Waals surface area contributed by atoms with E-state index in [0.29, 0.717) is 23.8 Å². The van der Waals surface area contributed by atoms with Crippen LogP contribution in [0.5, 0.6) is 0 Å². The fourth-order valence-corrected chi connectivity index (χ4v) is 8.39. The van der Waals surface area contributed by atoms with Gasteiger partial charge in [-0.2, -0.15) is 0 Å². The zero-order chi connectivity index (χ0) is 25.1. The summed E-state index contributed by atoms with van der Waals surface area (Å²) >= 11 is 0. The Morgan fingerprint density at radius 3 is 2.59 bits per heavy atom. The number of aromatic nitrogens is 1. The molecule has 0 N–H and O–H groups in total. The lowest BCUT2D eigenvalue weighted by Gasteiger charge is -2.58. The number of fused-ring (bicyclic) bond motifs is 3. The van der Waals surface area contributed by atoms with Gasteiger partial charge in [0.1, 0.15) is 0 Å². The average Bonchev–Trinajstić information content (AvgIpc) is 3.23. The highest BCUT2D eigenvalue weighted by atomic mass is 16.2. The van der Waals surface area contributed by atoms with E-state index in [-0.39, 0.29) is 0 Å². The van der Waals surface area contributed by atoms with Gasteiger partial charge in [-0.25, -0.2) is 0 Å². The molecule has 4 heteroatoms. The van der Waals surface area contributed by atoms with Crippen molar-refractivity contribution in [1.29, 1.82) is 0 Å². The van der Waals surface area contributed by atoms with Crippen LogP contribution in [-0.2, 0) is 11.3 Å². The molecule has 0 aliphatic carbocycles. The van der Waals surface area contributed by atoms with Gasteiger partial charge < -0.3 is 9.47 Å². The lowest BCUT2D eigenvalue weighted by atomic mass is 9.67.